The van der Waals surface area contributed by atoms with Gasteiger partial charge < -0.3 is 5.32 Å². The molecule has 0 saturated carbocycles. The average molecular weight is 453 g/mol. The molecule has 11 heteroatoms. The van der Waals surface area contributed by atoms with Gasteiger partial charge >= 0.3 is 6.36 Å². The zero-order valence-electron chi connectivity index (χ0n) is 14.8. The number of anilines is 1. The van der Waals surface area contributed by atoms with E-state index >= 15 is 0 Å². The van der Waals surface area contributed by atoms with Gasteiger partial charge in [0.1, 0.15) is 10.7 Å². The van der Waals surface area contributed by atoms with Gasteiger partial charge in [0.2, 0.25) is 5.28 Å². The van der Waals surface area contributed by atoms with Crippen molar-refractivity contribution in [3.63, 3.8) is 0 Å². The maximum absolute atomic E-state index is 12.0. The van der Waals surface area contributed by atoms with Gasteiger partial charge in [0.15, 0.2) is 5.82 Å². The standard InChI is InChI=1S/C17H17Cl2F3N4OS/c1-10-12(6-2-3-7-27-17(20,21)22)14(18)26-13(10)15(24-16(19)25-26)23-9-11-5-4-8-28-11/h4-5,8H,2-3,6-7,9H2,1H3,(H,23,24,25). The summed E-state index contributed by atoms with van der Waals surface area (Å²) in [6.07, 6.45) is -3.35. The maximum Gasteiger partial charge on any atom is 0.522 e. The molecule has 0 unspecified atom stereocenters. The second kappa shape index (κ2) is 8.86. The smallest absolute Gasteiger partial charge is 0.363 e. The number of nitrogens with one attached hydrogen (secondary N) is 1. The van der Waals surface area contributed by atoms with Crippen molar-refractivity contribution in [2.24, 2.45) is 0 Å². The summed E-state index contributed by atoms with van der Waals surface area (Å²) in [5.41, 5.74) is 2.38. The molecule has 0 radical (unpaired) electrons. The fourth-order valence-corrected chi connectivity index (χ4v) is 4.06. The Hall–Kier alpha value is -1.55. The van der Waals surface area contributed by atoms with Crippen molar-refractivity contribution < 1.29 is 17.9 Å². The van der Waals surface area contributed by atoms with E-state index in [9.17, 15) is 13.2 Å². The van der Waals surface area contributed by atoms with Crippen molar-refractivity contribution in [3.05, 3.63) is 44.0 Å². The van der Waals surface area contributed by atoms with Crippen LogP contribution in [0, 0.1) is 6.92 Å². The second-order valence-corrected chi connectivity index (χ2v) is 7.80. The van der Waals surface area contributed by atoms with E-state index in [1.54, 1.807) is 11.3 Å². The molecule has 0 atom stereocenters. The van der Waals surface area contributed by atoms with E-state index < -0.39 is 6.36 Å². The quantitative estimate of drug-likeness (QED) is 0.433. The van der Waals surface area contributed by atoms with E-state index in [1.165, 1.54) is 4.52 Å². The van der Waals surface area contributed by atoms with Crippen molar-refractivity contribution in [2.75, 3.05) is 11.9 Å². The van der Waals surface area contributed by atoms with Crippen LogP contribution in [0.2, 0.25) is 10.4 Å². The first-order valence-corrected chi connectivity index (χ1v) is 10.1. The number of hydrogen-bond donors (Lipinski definition) is 1. The lowest BCUT2D eigenvalue weighted by Gasteiger charge is -2.08. The topological polar surface area (TPSA) is 51.5 Å². The molecule has 3 aromatic heterocycles. The molecule has 3 rings (SSSR count). The molecule has 0 aliphatic heterocycles. The fraction of sp³-hybridized carbons (Fsp3) is 0.412. The molecule has 3 heterocycles. The highest BCUT2D eigenvalue weighted by Crippen LogP contribution is 2.32. The number of halogens is 5. The Morgan fingerprint density at radius 3 is 2.75 bits per heavy atom. The largest absolute Gasteiger partial charge is 0.522 e. The van der Waals surface area contributed by atoms with Gasteiger partial charge in [-0.2, -0.15) is 4.98 Å². The fourth-order valence-electron chi connectivity index (χ4n) is 2.89. The van der Waals surface area contributed by atoms with Crippen LogP contribution in [0.3, 0.4) is 0 Å². The number of unbranched alkanes of at least 4 members (excludes halogenated alkanes) is 1. The Balaban J connectivity index is 1.77. The summed E-state index contributed by atoms with van der Waals surface area (Å²) in [5.74, 6) is 0.555. The van der Waals surface area contributed by atoms with Crippen LogP contribution in [0.1, 0.15) is 28.8 Å². The molecule has 0 aliphatic carbocycles. The lowest BCUT2D eigenvalue weighted by Crippen LogP contribution is -2.14. The zero-order chi connectivity index (χ0) is 20.3. The Labute approximate surface area is 173 Å². The number of fused-ring (bicyclic) bond motifs is 1. The normalized spacial score (nSPS) is 12.1. The molecule has 3 aromatic rings. The van der Waals surface area contributed by atoms with Gasteiger partial charge in [-0.05, 0) is 60.4 Å². The SMILES string of the molecule is Cc1c(CCCCOC(F)(F)F)c(Cl)n2nc(Cl)nc(NCc3cccs3)c12. The third kappa shape index (κ3) is 5.08. The number of nitrogens with zero attached hydrogens (tertiary/aromatic N) is 3. The van der Waals surface area contributed by atoms with Crippen molar-refractivity contribution in [3.8, 4) is 0 Å². The molecular formula is C17H17Cl2F3N4OS. The lowest BCUT2D eigenvalue weighted by molar-refractivity contribution is -0.324. The van der Waals surface area contributed by atoms with Crippen LogP contribution in [-0.2, 0) is 17.7 Å². The molecule has 0 aromatic carbocycles. The first kappa shape index (κ1) is 21.2. The molecule has 0 fully saturated rings. The number of thiophene rings is 1. The molecule has 0 amide bonds. The van der Waals surface area contributed by atoms with Gasteiger partial charge in [-0.3, -0.25) is 4.74 Å². The number of ether oxygens (including phenoxy) is 1. The summed E-state index contributed by atoms with van der Waals surface area (Å²) in [6, 6.07) is 3.97. The molecule has 152 valence electrons. The molecule has 28 heavy (non-hydrogen) atoms. The minimum Gasteiger partial charge on any atom is -0.363 e. The van der Waals surface area contributed by atoms with Crippen LogP contribution in [0.4, 0.5) is 19.0 Å². The van der Waals surface area contributed by atoms with Crippen molar-refractivity contribution in [1.82, 2.24) is 14.6 Å². The first-order chi connectivity index (χ1) is 13.3. The monoisotopic (exact) mass is 452 g/mol. The van der Waals surface area contributed by atoms with Gasteiger partial charge in [0, 0.05) is 4.88 Å². The molecular weight excluding hydrogens is 436 g/mol. The number of alkyl halides is 3. The second-order valence-electron chi connectivity index (χ2n) is 6.07. The van der Waals surface area contributed by atoms with Crippen LogP contribution in [0.15, 0.2) is 17.5 Å². The van der Waals surface area contributed by atoms with Gasteiger partial charge in [-0.25, -0.2) is 4.52 Å². The third-order valence-electron chi connectivity index (χ3n) is 4.16. The Kier molecular flexibility index (Phi) is 6.69. The van der Waals surface area contributed by atoms with Crippen molar-refractivity contribution in [2.45, 2.75) is 39.1 Å². The summed E-state index contributed by atoms with van der Waals surface area (Å²) >= 11 is 14.1. The summed E-state index contributed by atoms with van der Waals surface area (Å²) in [5, 5.41) is 9.84. The molecule has 5 nitrogen and oxygen atoms in total. The van der Waals surface area contributed by atoms with E-state index in [-0.39, 0.29) is 18.3 Å². The number of hydrogen-bond acceptors (Lipinski definition) is 5. The Morgan fingerprint density at radius 2 is 2.07 bits per heavy atom. The van der Waals surface area contributed by atoms with Crippen LogP contribution in [0.25, 0.3) is 5.52 Å². The molecule has 0 saturated heterocycles. The number of rotatable bonds is 8. The van der Waals surface area contributed by atoms with Crippen molar-refractivity contribution >= 4 is 45.9 Å². The summed E-state index contributed by atoms with van der Waals surface area (Å²) < 4.78 is 41.5. The lowest BCUT2D eigenvalue weighted by atomic mass is 10.1. The Morgan fingerprint density at radius 1 is 1.29 bits per heavy atom. The first-order valence-electron chi connectivity index (χ1n) is 8.46. The van der Waals surface area contributed by atoms with Gasteiger partial charge in [0.25, 0.3) is 0 Å². The van der Waals surface area contributed by atoms with Gasteiger partial charge in [-0.1, -0.05) is 17.7 Å². The van der Waals surface area contributed by atoms with Gasteiger partial charge in [0.05, 0.1) is 13.2 Å². The van der Waals surface area contributed by atoms with Crippen molar-refractivity contribution in [1.29, 1.82) is 0 Å². The number of aromatic nitrogens is 3. The van der Waals surface area contributed by atoms with E-state index in [2.05, 4.69) is 20.1 Å². The van der Waals surface area contributed by atoms with Gasteiger partial charge in [-0.15, -0.1) is 29.6 Å². The highest BCUT2D eigenvalue weighted by Gasteiger charge is 2.28. The summed E-state index contributed by atoms with van der Waals surface area (Å²) in [7, 11) is 0. The minimum atomic E-state index is -4.60. The van der Waals surface area contributed by atoms with E-state index in [0.717, 1.165) is 16.0 Å². The van der Waals surface area contributed by atoms with Crippen LogP contribution in [0.5, 0.6) is 0 Å². The number of aryl methyl sites for hydroxylation is 1. The highest BCUT2D eigenvalue weighted by atomic mass is 35.5. The zero-order valence-corrected chi connectivity index (χ0v) is 17.1. The minimum absolute atomic E-state index is 0.0446. The summed E-state index contributed by atoms with van der Waals surface area (Å²) in [6.45, 7) is 2.08. The van der Waals surface area contributed by atoms with Crippen LogP contribution < -0.4 is 5.32 Å². The summed E-state index contributed by atoms with van der Waals surface area (Å²) in [4.78, 5) is 5.41. The van der Waals surface area contributed by atoms with E-state index in [0.29, 0.717) is 35.9 Å². The van der Waals surface area contributed by atoms with Crippen LogP contribution in [-0.4, -0.2) is 27.6 Å². The molecule has 0 spiro atoms. The predicted molar refractivity (Wildman–Crippen MR) is 104 cm³/mol. The molecule has 1 N–H and O–H groups in total. The van der Waals surface area contributed by atoms with E-state index in [4.69, 9.17) is 23.2 Å². The molecule has 0 bridgehead atoms. The Bertz CT molecular complexity index is 944. The average Bonchev–Trinajstić information content (AvgIpc) is 3.21. The molecule has 0 aliphatic rings. The third-order valence-corrected chi connectivity index (χ3v) is 5.59. The highest BCUT2D eigenvalue weighted by molar-refractivity contribution is 7.09. The maximum atomic E-state index is 12.0. The predicted octanol–water partition coefficient (Wildman–Crippen LogP) is 5.88. The van der Waals surface area contributed by atoms with Crippen LogP contribution >= 0.6 is 34.5 Å². The van der Waals surface area contributed by atoms with E-state index in [1.807, 2.05) is 24.4 Å².